The van der Waals surface area contributed by atoms with Gasteiger partial charge in [-0.25, -0.2) is 4.98 Å². The summed E-state index contributed by atoms with van der Waals surface area (Å²) in [4.78, 5) is 48.6. The quantitative estimate of drug-likeness (QED) is 0.121. The van der Waals surface area contributed by atoms with Crippen LogP contribution < -0.4 is 21.5 Å². The normalized spacial score (nSPS) is 23.3. The molecule has 2 fully saturated rings. The van der Waals surface area contributed by atoms with Crippen LogP contribution in [-0.2, 0) is 20.1 Å². The summed E-state index contributed by atoms with van der Waals surface area (Å²) in [6, 6.07) is 0.845. The average molecular weight is 594 g/mol. The van der Waals surface area contributed by atoms with Crippen molar-refractivity contribution in [2.45, 2.75) is 33.7 Å². The summed E-state index contributed by atoms with van der Waals surface area (Å²) in [5, 5.41) is 30.9. The van der Waals surface area contributed by atoms with Gasteiger partial charge in [0.25, 0.3) is 11.8 Å². The fourth-order valence-electron chi connectivity index (χ4n) is 4.32. The molecule has 5 rings (SSSR count). The Morgan fingerprint density at radius 3 is 2.95 bits per heavy atom. The van der Waals surface area contributed by atoms with E-state index in [1.54, 1.807) is 12.4 Å². The van der Waals surface area contributed by atoms with Crippen molar-refractivity contribution >= 4 is 75.2 Å². The molecule has 3 atom stereocenters. The molecular formula is C22H23N7O5S4. The van der Waals surface area contributed by atoms with Gasteiger partial charge in [-0.3, -0.25) is 19.5 Å². The molecule has 0 saturated carbocycles. The van der Waals surface area contributed by atoms with Crippen molar-refractivity contribution in [3.05, 3.63) is 45.7 Å². The van der Waals surface area contributed by atoms with E-state index in [1.807, 2.05) is 17.8 Å². The number of oxime groups is 1. The highest BCUT2D eigenvalue weighted by atomic mass is 32.2. The second kappa shape index (κ2) is 11.5. The van der Waals surface area contributed by atoms with Gasteiger partial charge in [0, 0.05) is 45.5 Å². The zero-order valence-electron chi connectivity index (χ0n) is 19.7. The van der Waals surface area contributed by atoms with Crippen LogP contribution in [-0.4, -0.2) is 79.1 Å². The minimum atomic E-state index is -1.46. The third-order valence-electron chi connectivity index (χ3n) is 6.18. The maximum Gasteiger partial charge on any atom is 0.276 e. The molecule has 12 nitrogen and oxygen atoms in total. The number of aliphatic carboxylic acids is 1. The molecule has 0 aromatic carbocycles. The third-order valence-corrected chi connectivity index (χ3v) is 10.9. The van der Waals surface area contributed by atoms with Crippen LogP contribution in [0.2, 0.25) is 0 Å². The standard InChI is InChI=1S/C22H23N7O5S4/c23-22-26-12(8-37-22)15(28-34)18(30)27-16-19(31)29-17(21(32)33)14(9-36-20(16)29)38-13-2-4-24-5-10(13)7-35-11-1-3-25-6-11/h2,4-5,8,11,16,20,25,34H,1,3,6-7,9H2,(H2,23,26)(H,27,30)(H,32,33)/b28-15-/t11?,16-,20-/m1/s1. The molecular weight excluding hydrogens is 571 g/mol. The molecule has 3 aliphatic rings. The molecule has 0 spiro atoms. The van der Waals surface area contributed by atoms with Crippen LogP contribution in [0.1, 0.15) is 17.7 Å². The van der Waals surface area contributed by atoms with Crippen LogP contribution in [0, 0.1) is 0 Å². The van der Waals surface area contributed by atoms with Gasteiger partial charge in [0.2, 0.25) is 0 Å². The number of fused-ring (bicyclic) bond motifs is 1. The average Bonchev–Trinajstić information content (AvgIpc) is 3.58. The van der Waals surface area contributed by atoms with E-state index >= 15 is 0 Å². The molecule has 0 radical (unpaired) electrons. The summed E-state index contributed by atoms with van der Waals surface area (Å²) in [6.45, 7) is 2.22. The molecule has 6 N–H and O–H groups in total. The minimum absolute atomic E-state index is 0.0683. The Balaban J connectivity index is 1.31. The summed E-state index contributed by atoms with van der Waals surface area (Å²) in [7, 11) is 0. The molecule has 2 amide bonds. The number of pyridine rings is 1. The van der Waals surface area contributed by atoms with Gasteiger partial charge in [-0.05, 0) is 11.6 Å². The van der Waals surface area contributed by atoms with Gasteiger partial charge in [0.1, 0.15) is 17.1 Å². The number of nitrogens with one attached hydrogen (secondary N) is 1. The van der Waals surface area contributed by atoms with E-state index in [2.05, 4.69) is 25.8 Å². The number of carboxylic acid groups (broad SMARTS) is 1. The number of carbonyl (C=O) groups excluding carboxylic acids is 3. The van der Waals surface area contributed by atoms with Crippen molar-refractivity contribution in [2.24, 2.45) is 5.16 Å². The van der Waals surface area contributed by atoms with Crippen molar-refractivity contribution in [3.8, 4) is 0 Å². The van der Waals surface area contributed by atoms with Crippen LogP contribution in [0.3, 0.4) is 0 Å². The van der Waals surface area contributed by atoms with Crippen LogP contribution in [0.25, 0.3) is 0 Å². The van der Waals surface area contributed by atoms with Crippen LogP contribution in [0.5, 0.6) is 0 Å². The van der Waals surface area contributed by atoms with Crippen molar-refractivity contribution in [1.82, 2.24) is 20.2 Å². The van der Waals surface area contributed by atoms with Crippen molar-refractivity contribution < 1.29 is 30.0 Å². The van der Waals surface area contributed by atoms with E-state index in [-0.39, 0.29) is 16.5 Å². The molecule has 5 heterocycles. The van der Waals surface area contributed by atoms with Gasteiger partial charge in [0.05, 0.1) is 30.0 Å². The Bertz CT molecular complexity index is 1330. The zero-order valence-corrected chi connectivity index (χ0v) is 23.0. The summed E-state index contributed by atoms with van der Waals surface area (Å²) in [5.74, 6) is -1.81. The van der Waals surface area contributed by atoms with Gasteiger partial charge >= 0.3 is 0 Å². The van der Waals surface area contributed by atoms with Gasteiger partial charge in [-0.2, -0.15) is 0 Å². The highest BCUT2D eigenvalue weighted by molar-refractivity contribution is 8.06. The van der Waals surface area contributed by atoms with Gasteiger partial charge in [-0.15, -0.1) is 34.9 Å². The van der Waals surface area contributed by atoms with Gasteiger partial charge in [0.15, 0.2) is 10.8 Å². The maximum atomic E-state index is 13.0. The van der Waals surface area contributed by atoms with E-state index in [0.717, 1.165) is 52.0 Å². The number of amides is 2. The lowest BCUT2D eigenvalue weighted by Crippen LogP contribution is -2.81. The predicted octanol–water partition coefficient (Wildman–Crippen LogP) is -0.979. The molecule has 200 valence electrons. The number of nitrogens with zero attached hydrogens (tertiary/aromatic N) is 4. The number of anilines is 1. The molecule has 2 aromatic rings. The lowest BCUT2D eigenvalue weighted by atomic mass is 10.0. The fraction of sp³-hybridized carbons (Fsp3) is 0.364. The molecule has 0 bridgehead atoms. The summed E-state index contributed by atoms with van der Waals surface area (Å²) in [6.07, 6.45) is 4.61. The number of quaternary nitrogens is 1. The number of hydrogen-bond donors (Lipinski definition) is 4. The summed E-state index contributed by atoms with van der Waals surface area (Å²) in [5.41, 5.74) is 6.07. The summed E-state index contributed by atoms with van der Waals surface area (Å²) < 4.78 is 0. The number of carboxylic acids is 1. The molecule has 2 aromatic heterocycles. The number of carbonyl (C=O) groups is 3. The number of β-lactam (4-membered cyclic amide) rings is 1. The number of thiazole rings is 1. The molecule has 2 saturated heterocycles. The lowest BCUT2D eigenvalue weighted by molar-refractivity contribution is -0.635. The zero-order chi connectivity index (χ0) is 26.8. The van der Waals surface area contributed by atoms with Crippen molar-refractivity contribution in [2.75, 3.05) is 24.6 Å². The van der Waals surface area contributed by atoms with E-state index in [9.17, 15) is 24.7 Å². The SMILES string of the molecule is Nc1nc(/C(=N/O)C(=O)N[C@@H]2C(=O)N3C(C(=O)[O-])=C(Sc4ccncc4CSC4CC[NH2+]C4)CS[C@H]23)cs1. The van der Waals surface area contributed by atoms with Crippen molar-refractivity contribution in [3.63, 3.8) is 0 Å². The first-order valence-electron chi connectivity index (χ1n) is 11.5. The third kappa shape index (κ3) is 5.36. The number of aromatic nitrogens is 2. The summed E-state index contributed by atoms with van der Waals surface area (Å²) >= 11 is 5.56. The van der Waals surface area contributed by atoms with Crippen molar-refractivity contribution in [1.29, 1.82) is 0 Å². The highest BCUT2D eigenvalue weighted by Gasteiger charge is 2.53. The fourth-order valence-corrected chi connectivity index (χ4v) is 8.74. The largest absolute Gasteiger partial charge is 0.543 e. The number of thioether (sulfide) groups is 3. The Morgan fingerprint density at radius 2 is 2.26 bits per heavy atom. The second-order valence-corrected chi connectivity index (χ2v) is 13.0. The van der Waals surface area contributed by atoms with E-state index in [0.29, 0.717) is 15.9 Å². The first kappa shape index (κ1) is 26.8. The Labute approximate surface area is 233 Å². The maximum absolute atomic E-state index is 13.0. The monoisotopic (exact) mass is 593 g/mol. The Morgan fingerprint density at radius 1 is 1.42 bits per heavy atom. The van der Waals surface area contributed by atoms with Crippen LogP contribution in [0.15, 0.2) is 44.5 Å². The lowest BCUT2D eigenvalue weighted by Gasteiger charge is -2.50. The number of hydrogen-bond acceptors (Lipinski definition) is 13. The molecule has 0 aliphatic carbocycles. The van der Waals surface area contributed by atoms with E-state index in [4.69, 9.17) is 5.73 Å². The van der Waals surface area contributed by atoms with E-state index < -0.39 is 34.9 Å². The molecule has 16 heteroatoms. The Hall–Kier alpha value is -2.79. The van der Waals surface area contributed by atoms with E-state index in [1.165, 1.54) is 28.9 Å². The smallest absolute Gasteiger partial charge is 0.276 e. The number of nitrogens with two attached hydrogens (primary N) is 2. The molecule has 38 heavy (non-hydrogen) atoms. The van der Waals surface area contributed by atoms with Crippen LogP contribution in [0.4, 0.5) is 5.13 Å². The Kier molecular flexibility index (Phi) is 8.13. The predicted molar refractivity (Wildman–Crippen MR) is 143 cm³/mol. The highest BCUT2D eigenvalue weighted by Crippen LogP contribution is 2.45. The first-order chi connectivity index (χ1) is 18.4. The van der Waals surface area contributed by atoms with Crippen LogP contribution >= 0.6 is 46.6 Å². The number of nitrogen functional groups attached to an aromatic ring is 1. The molecule has 1 unspecified atom stereocenters. The molecule has 3 aliphatic heterocycles. The van der Waals surface area contributed by atoms with Gasteiger partial charge in [-0.1, -0.05) is 16.9 Å². The van der Waals surface area contributed by atoms with Gasteiger partial charge < -0.3 is 31.5 Å². The topological polar surface area (TPSA) is 191 Å². The first-order valence-corrected chi connectivity index (χ1v) is 15.3. The minimum Gasteiger partial charge on any atom is -0.543 e. The second-order valence-electron chi connectivity index (χ2n) is 8.56. The number of rotatable bonds is 9.